The second-order valence-corrected chi connectivity index (χ2v) is 3.32. The van der Waals surface area contributed by atoms with E-state index in [9.17, 15) is 0 Å². The first-order valence-corrected chi connectivity index (χ1v) is 4.30. The van der Waals surface area contributed by atoms with Crippen LogP contribution in [0.3, 0.4) is 0 Å². The van der Waals surface area contributed by atoms with Gasteiger partial charge in [-0.3, -0.25) is 4.98 Å². The Morgan fingerprint density at radius 2 is 2.08 bits per heavy atom. The van der Waals surface area contributed by atoms with Crippen LogP contribution in [-0.2, 0) is 7.05 Å². The molecule has 0 N–H and O–H groups in total. The van der Waals surface area contributed by atoms with Crippen LogP contribution in [0.4, 0.5) is 0 Å². The summed E-state index contributed by atoms with van der Waals surface area (Å²) in [5, 5.41) is 0. The van der Waals surface area contributed by atoms with Gasteiger partial charge >= 0.3 is 0 Å². The Hall–Kier alpha value is -1.57. The van der Waals surface area contributed by atoms with Crippen molar-refractivity contribution in [1.82, 2.24) is 9.55 Å². The van der Waals surface area contributed by atoms with Crippen molar-refractivity contribution in [2.75, 3.05) is 0 Å². The van der Waals surface area contributed by atoms with Crippen LogP contribution < -0.4 is 0 Å². The van der Waals surface area contributed by atoms with E-state index < -0.39 is 0 Å². The molecule has 0 saturated carbocycles. The minimum atomic E-state index is 1.18. The van der Waals surface area contributed by atoms with Gasteiger partial charge in [0.05, 0.1) is 0 Å². The molecule has 0 spiro atoms. The van der Waals surface area contributed by atoms with Crippen LogP contribution in [0.25, 0.3) is 11.1 Å². The first-order chi connectivity index (χ1) is 6.25. The Kier molecular flexibility index (Phi) is 1.89. The van der Waals surface area contributed by atoms with Crippen molar-refractivity contribution in [2.45, 2.75) is 6.92 Å². The van der Waals surface area contributed by atoms with E-state index in [-0.39, 0.29) is 0 Å². The van der Waals surface area contributed by atoms with Crippen molar-refractivity contribution in [1.29, 1.82) is 0 Å². The highest BCUT2D eigenvalue weighted by Gasteiger charge is 1.98. The Balaban J connectivity index is 2.46. The third-order valence-corrected chi connectivity index (χ3v) is 2.04. The molecule has 0 saturated heterocycles. The van der Waals surface area contributed by atoms with E-state index >= 15 is 0 Å². The van der Waals surface area contributed by atoms with Crippen LogP contribution in [0.2, 0.25) is 0 Å². The van der Waals surface area contributed by atoms with Crippen LogP contribution >= 0.6 is 0 Å². The lowest BCUT2D eigenvalue weighted by molar-refractivity contribution is 0.928. The minimum Gasteiger partial charge on any atom is -0.357 e. The highest BCUT2D eigenvalue weighted by atomic mass is 14.9. The van der Waals surface area contributed by atoms with Crippen molar-refractivity contribution in [3.8, 4) is 11.1 Å². The average Bonchev–Trinajstić information content (AvgIpc) is 2.52. The molecule has 0 aliphatic rings. The van der Waals surface area contributed by atoms with Gasteiger partial charge in [0.25, 0.3) is 0 Å². The molecule has 0 bridgehead atoms. The molecule has 2 aromatic heterocycles. The van der Waals surface area contributed by atoms with E-state index in [1.54, 1.807) is 0 Å². The standard InChI is InChI=1S/C11H12N2/c1-9-5-11(7-12-6-9)10-3-4-13(2)8-10/h3-8H,1-2H3. The summed E-state index contributed by atoms with van der Waals surface area (Å²) in [5.41, 5.74) is 3.60. The van der Waals surface area contributed by atoms with Gasteiger partial charge in [-0.05, 0) is 24.6 Å². The quantitative estimate of drug-likeness (QED) is 0.645. The van der Waals surface area contributed by atoms with Gasteiger partial charge in [-0.25, -0.2) is 0 Å². The highest BCUT2D eigenvalue weighted by molar-refractivity contribution is 5.62. The van der Waals surface area contributed by atoms with E-state index in [4.69, 9.17) is 0 Å². The molecule has 0 atom stereocenters. The van der Waals surface area contributed by atoms with Crippen molar-refractivity contribution < 1.29 is 0 Å². The number of pyridine rings is 1. The summed E-state index contributed by atoms with van der Waals surface area (Å²) < 4.78 is 2.04. The monoisotopic (exact) mass is 172 g/mol. The molecule has 0 aliphatic carbocycles. The fraction of sp³-hybridized carbons (Fsp3) is 0.182. The molecule has 2 heterocycles. The molecular formula is C11H12N2. The first-order valence-electron chi connectivity index (χ1n) is 4.30. The van der Waals surface area contributed by atoms with E-state index in [2.05, 4.69) is 30.2 Å². The summed E-state index contributed by atoms with van der Waals surface area (Å²) >= 11 is 0. The maximum absolute atomic E-state index is 4.16. The number of hydrogen-bond acceptors (Lipinski definition) is 1. The van der Waals surface area contributed by atoms with Gasteiger partial charge in [0.1, 0.15) is 0 Å². The largest absolute Gasteiger partial charge is 0.357 e. The Morgan fingerprint density at radius 1 is 1.23 bits per heavy atom. The van der Waals surface area contributed by atoms with Crippen molar-refractivity contribution in [3.63, 3.8) is 0 Å². The van der Waals surface area contributed by atoms with Crippen molar-refractivity contribution >= 4 is 0 Å². The Morgan fingerprint density at radius 3 is 2.69 bits per heavy atom. The number of rotatable bonds is 1. The molecule has 0 fully saturated rings. The van der Waals surface area contributed by atoms with Gasteiger partial charge in [0.2, 0.25) is 0 Å². The maximum atomic E-state index is 4.16. The van der Waals surface area contributed by atoms with E-state index in [0.717, 1.165) is 0 Å². The SMILES string of the molecule is Cc1cncc(-c2ccn(C)c2)c1. The highest BCUT2D eigenvalue weighted by Crippen LogP contribution is 2.18. The molecule has 13 heavy (non-hydrogen) atoms. The molecule has 2 rings (SSSR count). The van der Waals surface area contributed by atoms with Crippen molar-refractivity contribution in [3.05, 3.63) is 42.5 Å². The normalized spacial score (nSPS) is 10.3. The fourth-order valence-corrected chi connectivity index (χ4v) is 1.39. The molecule has 2 heteroatoms. The van der Waals surface area contributed by atoms with Gasteiger partial charge in [-0.1, -0.05) is 0 Å². The summed E-state index contributed by atoms with van der Waals surface area (Å²) in [6.07, 6.45) is 7.89. The predicted octanol–water partition coefficient (Wildman–Crippen LogP) is 2.40. The van der Waals surface area contributed by atoms with E-state index in [1.807, 2.05) is 30.2 Å². The molecule has 66 valence electrons. The zero-order valence-electron chi connectivity index (χ0n) is 7.86. The lowest BCUT2D eigenvalue weighted by Gasteiger charge is -1.97. The van der Waals surface area contributed by atoms with Crippen LogP contribution in [0.15, 0.2) is 36.9 Å². The van der Waals surface area contributed by atoms with Crippen LogP contribution in [-0.4, -0.2) is 9.55 Å². The Labute approximate surface area is 77.9 Å². The number of nitrogens with zero attached hydrogens (tertiary/aromatic N) is 2. The van der Waals surface area contributed by atoms with Crippen LogP contribution in [0, 0.1) is 6.92 Å². The molecule has 0 aliphatic heterocycles. The fourth-order valence-electron chi connectivity index (χ4n) is 1.39. The zero-order chi connectivity index (χ0) is 9.26. The second-order valence-electron chi connectivity index (χ2n) is 3.32. The number of aryl methyl sites for hydroxylation is 2. The predicted molar refractivity (Wildman–Crippen MR) is 53.4 cm³/mol. The summed E-state index contributed by atoms with van der Waals surface area (Å²) in [6, 6.07) is 4.23. The van der Waals surface area contributed by atoms with Gasteiger partial charge in [-0.15, -0.1) is 0 Å². The lowest BCUT2D eigenvalue weighted by Crippen LogP contribution is -1.81. The van der Waals surface area contributed by atoms with Gasteiger partial charge < -0.3 is 4.57 Å². The van der Waals surface area contributed by atoms with Gasteiger partial charge in [0, 0.05) is 43.0 Å². The number of hydrogen-bond donors (Lipinski definition) is 0. The first kappa shape index (κ1) is 8.05. The third-order valence-electron chi connectivity index (χ3n) is 2.04. The smallest absolute Gasteiger partial charge is 0.0347 e. The molecule has 0 unspecified atom stereocenters. The van der Waals surface area contributed by atoms with Gasteiger partial charge in [-0.2, -0.15) is 0 Å². The molecule has 0 amide bonds. The zero-order valence-corrected chi connectivity index (χ0v) is 7.86. The summed E-state index contributed by atoms with van der Waals surface area (Å²) in [6.45, 7) is 2.06. The van der Waals surface area contributed by atoms with Crippen LogP contribution in [0.1, 0.15) is 5.56 Å². The van der Waals surface area contributed by atoms with Crippen LogP contribution in [0.5, 0.6) is 0 Å². The average molecular weight is 172 g/mol. The maximum Gasteiger partial charge on any atom is 0.0347 e. The Bertz CT molecular complexity index is 416. The lowest BCUT2D eigenvalue weighted by atomic mass is 10.1. The molecule has 0 aromatic carbocycles. The molecule has 2 nitrogen and oxygen atoms in total. The molecular weight excluding hydrogens is 160 g/mol. The summed E-state index contributed by atoms with van der Waals surface area (Å²) in [7, 11) is 2.02. The topological polar surface area (TPSA) is 17.8 Å². The third kappa shape index (κ3) is 1.61. The van der Waals surface area contributed by atoms with Gasteiger partial charge in [0.15, 0.2) is 0 Å². The molecule has 2 aromatic rings. The minimum absolute atomic E-state index is 1.18. The van der Waals surface area contributed by atoms with E-state index in [0.29, 0.717) is 0 Å². The van der Waals surface area contributed by atoms with E-state index in [1.165, 1.54) is 16.7 Å². The number of aromatic nitrogens is 2. The van der Waals surface area contributed by atoms with Crippen molar-refractivity contribution in [2.24, 2.45) is 7.05 Å². The second kappa shape index (κ2) is 3.05. The summed E-state index contributed by atoms with van der Waals surface area (Å²) in [5.74, 6) is 0. The molecule has 0 radical (unpaired) electrons. The summed E-state index contributed by atoms with van der Waals surface area (Å²) in [4.78, 5) is 4.16.